The van der Waals surface area contributed by atoms with Crippen molar-refractivity contribution in [3.8, 4) is 0 Å². The lowest BCUT2D eigenvalue weighted by molar-refractivity contribution is 0.519. The van der Waals surface area contributed by atoms with Crippen molar-refractivity contribution in [2.45, 2.75) is 39.8 Å². The number of hydrogen-bond acceptors (Lipinski definition) is 4. The fourth-order valence-corrected chi connectivity index (χ4v) is 3.46. The van der Waals surface area contributed by atoms with Crippen LogP contribution in [0, 0.1) is 6.92 Å². The van der Waals surface area contributed by atoms with E-state index >= 15 is 0 Å². The van der Waals surface area contributed by atoms with E-state index in [4.69, 9.17) is 0 Å². The van der Waals surface area contributed by atoms with E-state index < -0.39 is 10.0 Å². The molecule has 122 valence electrons. The topological polar surface area (TPSA) is 75.5 Å². The molecule has 2 aromatic rings. The van der Waals surface area contributed by atoms with E-state index in [1.807, 2.05) is 45.3 Å². The lowest BCUT2D eigenvalue weighted by Gasteiger charge is -2.14. The number of nitrogens with one attached hydrogen (secondary N) is 2. The molecule has 0 radical (unpaired) electrons. The molecule has 22 heavy (non-hydrogen) atoms. The Morgan fingerprint density at radius 1 is 1.41 bits per heavy atom. The third-order valence-corrected chi connectivity index (χ3v) is 5.07. The van der Waals surface area contributed by atoms with Crippen molar-refractivity contribution < 1.29 is 8.42 Å². The van der Waals surface area contributed by atoms with Crippen molar-refractivity contribution in [3.05, 3.63) is 35.8 Å². The molecule has 7 heteroatoms. The quantitative estimate of drug-likeness (QED) is 0.771. The molecule has 0 bridgehead atoms. The smallest absolute Gasteiger partial charge is 0.211 e. The minimum atomic E-state index is -3.15. The highest BCUT2D eigenvalue weighted by Gasteiger charge is 2.11. The van der Waals surface area contributed by atoms with Gasteiger partial charge in [-0.3, -0.25) is 0 Å². The Bertz CT molecular complexity index is 724. The summed E-state index contributed by atoms with van der Waals surface area (Å²) >= 11 is 0. The molecule has 2 N–H and O–H groups in total. The number of sulfonamides is 1. The SMILES string of the molecule is CCCS(=O)(=O)NCC(C)NCc1cnc2c(C)cccn12. The molecule has 1 atom stereocenters. The number of aryl methyl sites for hydroxylation is 1. The zero-order valence-corrected chi connectivity index (χ0v) is 14.2. The zero-order chi connectivity index (χ0) is 16.2. The molecule has 0 aliphatic rings. The summed E-state index contributed by atoms with van der Waals surface area (Å²) < 4.78 is 27.9. The van der Waals surface area contributed by atoms with E-state index in [0.29, 0.717) is 19.5 Å². The van der Waals surface area contributed by atoms with E-state index in [1.54, 1.807) is 0 Å². The third kappa shape index (κ3) is 4.28. The summed E-state index contributed by atoms with van der Waals surface area (Å²) in [7, 11) is -3.15. The van der Waals surface area contributed by atoms with E-state index in [9.17, 15) is 8.42 Å². The number of aromatic nitrogens is 2. The number of rotatable bonds is 8. The molecule has 0 fully saturated rings. The van der Waals surface area contributed by atoms with Gasteiger partial charge in [0.25, 0.3) is 0 Å². The summed E-state index contributed by atoms with van der Waals surface area (Å²) in [5.74, 6) is 0.173. The molecular weight excluding hydrogens is 300 g/mol. The van der Waals surface area contributed by atoms with Gasteiger partial charge in [0.05, 0.1) is 17.6 Å². The van der Waals surface area contributed by atoms with E-state index in [1.165, 1.54) is 0 Å². The van der Waals surface area contributed by atoms with Gasteiger partial charge in [-0.05, 0) is 31.9 Å². The Morgan fingerprint density at radius 2 is 2.18 bits per heavy atom. The largest absolute Gasteiger partial charge is 0.307 e. The van der Waals surface area contributed by atoms with Gasteiger partial charge in [-0.15, -0.1) is 0 Å². The van der Waals surface area contributed by atoms with E-state index in [-0.39, 0.29) is 11.8 Å². The van der Waals surface area contributed by atoms with E-state index in [0.717, 1.165) is 16.9 Å². The molecule has 0 aliphatic carbocycles. The molecule has 0 saturated heterocycles. The van der Waals surface area contributed by atoms with Crippen molar-refractivity contribution in [3.63, 3.8) is 0 Å². The Hall–Kier alpha value is -1.44. The average molecular weight is 324 g/mol. The first kappa shape index (κ1) is 16.9. The standard InChI is InChI=1S/C15H24N4O2S/c1-4-8-22(20,21)18-9-13(3)16-10-14-11-17-15-12(2)6-5-7-19(14)15/h5-7,11,13,16,18H,4,8-10H2,1-3H3. The number of imidazole rings is 1. The monoisotopic (exact) mass is 324 g/mol. The highest BCUT2D eigenvalue weighted by Crippen LogP contribution is 2.10. The molecule has 1 unspecified atom stereocenters. The van der Waals surface area contributed by atoms with Crippen LogP contribution in [0.4, 0.5) is 0 Å². The average Bonchev–Trinajstić information content (AvgIpc) is 2.88. The summed E-state index contributed by atoms with van der Waals surface area (Å²) in [5.41, 5.74) is 3.15. The summed E-state index contributed by atoms with van der Waals surface area (Å²) in [6, 6.07) is 4.07. The third-order valence-electron chi connectivity index (χ3n) is 3.52. The molecule has 0 spiro atoms. The maximum Gasteiger partial charge on any atom is 0.211 e. The van der Waals surface area contributed by atoms with Gasteiger partial charge in [0.15, 0.2) is 0 Å². The Kier molecular flexibility index (Phi) is 5.55. The Balaban J connectivity index is 1.90. The highest BCUT2D eigenvalue weighted by molar-refractivity contribution is 7.89. The summed E-state index contributed by atoms with van der Waals surface area (Å²) in [6.45, 7) is 6.88. The Morgan fingerprint density at radius 3 is 2.91 bits per heavy atom. The van der Waals surface area contributed by atoms with Crippen LogP contribution in [0.2, 0.25) is 0 Å². The van der Waals surface area contributed by atoms with Gasteiger partial charge in [-0.25, -0.2) is 18.1 Å². The van der Waals surface area contributed by atoms with Gasteiger partial charge < -0.3 is 9.72 Å². The molecule has 0 amide bonds. The number of pyridine rings is 1. The van der Waals surface area contributed by atoms with Gasteiger partial charge in [0, 0.05) is 25.3 Å². The zero-order valence-electron chi connectivity index (χ0n) is 13.3. The summed E-state index contributed by atoms with van der Waals surface area (Å²) in [6.07, 6.45) is 4.46. The number of hydrogen-bond donors (Lipinski definition) is 2. The lowest BCUT2D eigenvalue weighted by atomic mass is 10.3. The minimum absolute atomic E-state index is 0.0435. The highest BCUT2D eigenvalue weighted by atomic mass is 32.2. The van der Waals surface area contributed by atoms with Crippen LogP contribution in [0.1, 0.15) is 31.5 Å². The molecular formula is C15H24N4O2S. The molecule has 0 aliphatic heterocycles. The van der Waals surface area contributed by atoms with Crippen molar-refractivity contribution in [2.75, 3.05) is 12.3 Å². The van der Waals surface area contributed by atoms with Crippen molar-refractivity contribution in [1.29, 1.82) is 0 Å². The predicted octanol–water partition coefficient (Wildman–Crippen LogP) is 1.45. The van der Waals surface area contributed by atoms with Gasteiger partial charge in [0.2, 0.25) is 10.0 Å². The molecule has 2 aromatic heterocycles. The van der Waals surface area contributed by atoms with Crippen LogP contribution in [0.3, 0.4) is 0 Å². The minimum Gasteiger partial charge on any atom is -0.307 e. The molecule has 2 heterocycles. The van der Waals surface area contributed by atoms with Crippen molar-refractivity contribution in [1.82, 2.24) is 19.4 Å². The first-order valence-corrected chi connectivity index (χ1v) is 9.20. The van der Waals surface area contributed by atoms with Gasteiger partial charge >= 0.3 is 0 Å². The maximum absolute atomic E-state index is 11.6. The van der Waals surface area contributed by atoms with Crippen LogP contribution >= 0.6 is 0 Å². The first-order chi connectivity index (χ1) is 10.4. The second-order valence-electron chi connectivity index (χ2n) is 5.58. The van der Waals surface area contributed by atoms with Crippen molar-refractivity contribution >= 4 is 15.7 Å². The van der Waals surface area contributed by atoms with Gasteiger partial charge in [-0.1, -0.05) is 13.0 Å². The summed E-state index contributed by atoms with van der Waals surface area (Å²) in [5, 5.41) is 3.32. The molecule has 0 saturated carbocycles. The summed E-state index contributed by atoms with van der Waals surface area (Å²) in [4.78, 5) is 4.42. The molecule has 6 nitrogen and oxygen atoms in total. The van der Waals surface area contributed by atoms with Crippen LogP contribution in [0.25, 0.3) is 5.65 Å². The Labute approximate surface area is 132 Å². The van der Waals surface area contributed by atoms with Gasteiger partial charge in [-0.2, -0.15) is 0 Å². The second kappa shape index (κ2) is 7.21. The van der Waals surface area contributed by atoms with E-state index in [2.05, 4.69) is 19.4 Å². The fourth-order valence-electron chi connectivity index (χ4n) is 2.28. The fraction of sp³-hybridized carbons (Fsp3) is 0.533. The van der Waals surface area contributed by atoms with Crippen LogP contribution in [-0.4, -0.2) is 36.1 Å². The number of nitrogens with zero attached hydrogens (tertiary/aromatic N) is 2. The predicted molar refractivity (Wildman–Crippen MR) is 88.3 cm³/mol. The second-order valence-corrected chi connectivity index (χ2v) is 7.51. The van der Waals surface area contributed by atoms with Crippen LogP contribution in [0.15, 0.2) is 24.5 Å². The maximum atomic E-state index is 11.6. The lowest BCUT2D eigenvalue weighted by Crippen LogP contribution is -2.39. The van der Waals surface area contributed by atoms with Crippen LogP contribution in [-0.2, 0) is 16.6 Å². The van der Waals surface area contributed by atoms with Gasteiger partial charge in [0.1, 0.15) is 5.65 Å². The normalized spacial score (nSPS) is 13.6. The first-order valence-electron chi connectivity index (χ1n) is 7.55. The van der Waals surface area contributed by atoms with Crippen LogP contribution in [0.5, 0.6) is 0 Å². The van der Waals surface area contributed by atoms with Crippen LogP contribution < -0.4 is 10.0 Å². The molecule has 0 aromatic carbocycles. The number of fused-ring (bicyclic) bond motifs is 1. The van der Waals surface area contributed by atoms with Crippen molar-refractivity contribution in [2.24, 2.45) is 0 Å². The molecule has 2 rings (SSSR count).